The Bertz CT molecular complexity index is 1190. The zero-order valence-electron chi connectivity index (χ0n) is 17.8. The van der Waals surface area contributed by atoms with E-state index in [1.807, 2.05) is 37.3 Å². The van der Waals surface area contributed by atoms with E-state index in [1.165, 1.54) is 23.0 Å². The van der Waals surface area contributed by atoms with Crippen LogP contribution in [0, 0.1) is 0 Å². The number of carbonyl (C=O) groups excluding carboxylic acids is 1. The topological polar surface area (TPSA) is 117 Å². The number of hydrogen-bond donors (Lipinski definition) is 2. The fourth-order valence-corrected chi connectivity index (χ4v) is 4.24. The number of hydrogen-bond acceptors (Lipinski definition) is 5. The summed E-state index contributed by atoms with van der Waals surface area (Å²) in [6.45, 7) is 2.89. The number of carbonyl (C=O) groups is 2. The molecule has 1 atom stereocenters. The number of aliphatic hydroxyl groups is 1. The SMILES string of the molecule is C[C@H](CC(=O)N1CCC(O)(Cn2cnn3c(C(=O)O)ccc3c2=O)CC1)c1ccccc1. The molecule has 4 rings (SSSR count). The number of aromatic nitrogens is 3. The highest BCUT2D eigenvalue weighted by Crippen LogP contribution is 2.26. The molecule has 1 saturated heterocycles. The van der Waals surface area contributed by atoms with Gasteiger partial charge in [0.05, 0.1) is 12.1 Å². The molecule has 0 radical (unpaired) electrons. The normalized spacial score (nSPS) is 16.8. The molecule has 1 aliphatic heterocycles. The number of fused-ring (bicyclic) bond motifs is 1. The maximum atomic E-state index is 12.7. The van der Waals surface area contributed by atoms with Gasteiger partial charge in [0, 0.05) is 19.5 Å². The monoisotopic (exact) mass is 438 g/mol. The number of rotatable bonds is 6. The highest BCUT2D eigenvalue weighted by Gasteiger charge is 2.35. The summed E-state index contributed by atoms with van der Waals surface area (Å²) in [7, 11) is 0. The Hall–Kier alpha value is -3.46. The standard InChI is InChI=1S/C23H26N4O5/c1-16(17-5-3-2-4-6-17)13-20(28)25-11-9-23(32,10-12-25)14-26-15-24-27-18(21(26)29)7-8-19(27)22(30)31/h2-8,15-16,32H,9-14H2,1H3,(H,30,31)/t16-/m1/s1. The summed E-state index contributed by atoms with van der Waals surface area (Å²) in [6.07, 6.45) is 2.34. The van der Waals surface area contributed by atoms with Gasteiger partial charge in [0.1, 0.15) is 11.8 Å². The summed E-state index contributed by atoms with van der Waals surface area (Å²) < 4.78 is 2.39. The van der Waals surface area contributed by atoms with Crippen LogP contribution in [0.2, 0.25) is 0 Å². The van der Waals surface area contributed by atoms with Gasteiger partial charge < -0.3 is 15.1 Å². The van der Waals surface area contributed by atoms with Gasteiger partial charge in [0.2, 0.25) is 5.91 Å². The van der Waals surface area contributed by atoms with Crippen LogP contribution < -0.4 is 5.56 Å². The lowest BCUT2D eigenvalue weighted by molar-refractivity contribution is -0.136. The van der Waals surface area contributed by atoms with Crippen molar-refractivity contribution in [2.24, 2.45) is 0 Å². The molecule has 3 aromatic rings. The van der Waals surface area contributed by atoms with Gasteiger partial charge >= 0.3 is 5.97 Å². The molecule has 9 nitrogen and oxygen atoms in total. The summed E-state index contributed by atoms with van der Waals surface area (Å²) in [5.74, 6) is -1.01. The van der Waals surface area contributed by atoms with E-state index >= 15 is 0 Å². The molecule has 1 fully saturated rings. The van der Waals surface area contributed by atoms with Crippen LogP contribution >= 0.6 is 0 Å². The Morgan fingerprint density at radius 1 is 1.12 bits per heavy atom. The van der Waals surface area contributed by atoms with Gasteiger partial charge in [0.25, 0.3) is 5.56 Å². The van der Waals surface area contributed by atoms with Crippen molar-refractivity contribution in [3.63, 3.8) is 0 Å². The van der Waals surface area contributed by atoms with Gasteiger partial charge in [-0.25, -0.2) is 9.31 Å². The maximum Gasteiger partial charge on any atom is 0.354 e. The van der Waals surface area contributed by atoms with E-state index in [0.29, 0.717) is 32.4 Å². The molecule has 0 bridgehead atoms. The first-order chi connectivity index (χ1) is 15.3. The molecule has 1 amide bonds. The van der Waals surface area contributed by atoms with Gasteiger partial charge in [-0.15, -0.1) is 0 Å². The van der Waals surface area contributed by atoms with Crippen LogP contribution in [0.5, 0.6) is 0 Å². The molecule has 0 unspecified atom stereocenters. The molecular formula is C23H26N4O5. The molecule has 0 spiro atoms. The van der Waals surface area contributed by atoms with Crippen LogP contribution in [0.25, 0.3) is 5.52 Å². The van der Waals surface area contributed by atoms with Crippen LogP contribution in [0.15, 0.2) is 53.6 Å². The van der Waals surface area contributed by atoms with Crippen molar-refractivity contribution in [3.8, 4) is 0 Å². The number of piperidine rings is 1. The minimum absolute atomic E-state index is 0.0331. The van der Waals surface area contributed by atoms with Crippen LogP contribution in [0.4, 0.5) is 0 Å². The number of carboxylic acid groups (broad SMARTS) is 1. The average Bonchev–Trinajstić information content (AvgIpc) is 3.22. The van der Waals surface area contributed by atoms with E-state index in [4.69, 9.17) is 0 Å². The van der Waals surface area contributed by atoms with Gasteiger partial charge in [-0.3, -0.25) is 14.2 Å². The summed E-state index contributed by atoms with van der Waals surface area (Å²) in [5.41, 5.74) is -0.409. The number of nitrogens with zero attached hydrogens (tertiary/aromatic N) is 4. The first-order valence-corrected chi connectivity index (χ1v) is 10.6. The van der Waals surface area contributed by atoms with Gasteiger partial charge in [-0.05, 0) is 36.5 Å². The van der Waals surface area contributed by atoms with Crippen molar-refractivity contribution in [1.29, 1.82) is 0 Å². The molecule has 1 aromatic carbocycles. The minimum atomic E-state index is -1.17. The smallest absolute Gasteiger partial charge is 0.354 e. The molecule has 3 heterocycles. The van der Waals surface area contributed by atoms with E-state index in [-0.39, 0.29) is 29.6 Å². The van der Waals surface area contributed by atoms with Crippen LogP contribution in [0.1, 0.15) is 48.2 Å². The van der Waals surface area contributed by atoms with Gasteiger partial charge in [-0.1, -0.05) is 37.3 Å². The maximum absolute atomic E-state index is 12.7. The summed E-state index contributed by atoms with van der Waals surface area (Å²) in [4.78, 5) is 38.5. The fraction of sp³-hybridized carbons (Fsp3) is 0.391. The predicted molar refractivity (Wildman–Crippen MR) is 117 cm³/mol. The lowest BCUT2D eigenvalue weighted by atomic mass is 9.90. The third-order valence-electron chi connectivity index (χ3n) is 6.22. The Morgan fingerprint density at radius 2 is 1.81 bits per heavy atom. The highest BCUT2D eigenvalue weighted by atomic mass is 16.4. The molecule has 2 aromatic heterocycles. The van der Waals surface area contributed by atoms with E-state index in [2.05, 4.69) is 5.10 Å². The number of amides is 1. The number of likely N-dealkylation sites (tertiary alicyclic amines) is 1. The van der Waals surface area contributed by atoms with Crippen molar-refractivity contribution < 1.29 is 19.8 Å². The predicted octanol–water partition coefficient (Wildman–Crippen LogP) is 1.74. The molecule has 0 aliphatic carbocycles. The second-order valence-electron chi connectivity index (χ2n) is 8.51. The minimum Gasteiger partial charge on any atom is -0.477 e. The molecule has 32 heavy (non-hydrogen) atoms. The molecule has 1 aliphatic rings. The van der Waals surface area contributed by atoms with Crippen LogP contribution in [-0.4, -0.2) is 59.9 Å². The van der Waals surface area contributed by atoms with Gasteiger partial charge in [0.15, 0.2) is 5.69 Å². The number of aromatic carboxylic acids is 1. The summed E-state index contributed by atoms with van der Waals surface area (Å²) in [6, 6.07) is 12.6. The van der Waals surface area contributed by atoms with Crippen molar-refractivity contribution >= 4 is 17.4 Å². The van der Waals surface area contributed by atoms with E-state index in [1.54, 1.807) is 4.90 Å². The van der Waals surface area contributed by atoms with E-state index in [9.17, 15) is 24.6 Å². The molecule has 0 saturated carbocycles. The quantitative estimate of drug-likeness (QED) is 0.605. The van der Waals surface area contributed by atoms with Crippen molar-refractivity contribution in [1.82, 2.24) is 19.1 Å². The zero-order valence-corrected chi connectivity index (χ0v) is 17.8. The molecule has 168 valence electrons. The van der Waals surface area contributed by atoms with Crippen LogP contribution in [-0.2, 0) is 11.3 Å². The van der Waals surface area contributed by atoms with E-state index in [0.717, 1.165) is 10.1 Å². The zero-order chi connectivity index (χ0) is 22.9. The fourth-order valence-electron chi connectivity index (χ4n) is 4.24. The highest BCUT2D eigenvalue weighted by molar-refractivity contribution is 5.87. The first kappa shape index (κ1) is 21.8. The molecule has 9 heteroatoms. The lowest BCUT2D eigenvalue weighted by Crippen LogP contribution is -2.49. The Labute approximate surface area is 184 Å². The Morgan fingerprint density at radius 3 is 2.47 bits per heavy atom. The first-order valence-electron chi connectivity index (χ1n) is 10.6. The van der Waals surface area contributed by atoms with Crippen LogP contribution in [0.3, 0.4) is 0 Å². The third-order valence-corrected chi connectivity index (χ3v) is 6.22. The number of benzene rings is 1. The summed E-state index contributed by atoms with van der Waals surface area (Å²) >= 11 is 0. The Kier molecular flexibility index (Phi) is 5.84. The molecule has 2 N–H and O–H groups in total. The Balaban J connectivity index is 1.40. The third kappa shape index (κ3) is 4.29. The van der Waals surface area contributed by atoms with Crippen molar-refractivity contribution in [2.45, 2.75) is 44.2 Å². The van der Waals surface area contributed by atoms with E-state index < -0.39 is 17.1 Å². The van der Waals surface area contributed by atoms with Crippen molar-refractivity contribution in [3.05, 3.63) is 70.4 Å². The van der Waals surface area contributed by atoms with Crippen molar-refractivity contribution in [2.75, 3.05) is 13.1 Å². The second kappa shape index (κ2) is 8.58. The largest absolute Gasteiger partial charge is 0.477 e. The average molecular weight is 438 g/mol. The lowest BCUT2D eigenvalue weighted by Gasteiger charge is -2.38. The summed E-state index contributed by atoms with van der Waals surface area (Å²) in [5, 5.41) is 24.3. The number of carboxylic acids is 1. The molecular weight excluding hydrogens is 412 g/mol. The van der Waals surface area contributed by atoms with Gasteiger partial charge in [-0.2, -0.15) is 5.10 Å². The second-order valence-corrected chi connectivity index (χ2v) is 8.51.